The lowest BCUT2D eigenvalue weighted by atomic mass is 10.0. The number of benzene rings is 1. The van der Waals surface area contributed by atoms with E-state index in [1.807, 2.05) is 18.8 Å². The van der Waals surface area contributed by atoms with Gasteiger partial charge < -0.3 is 10.0 Å². The summed E-state index contributed by atoms with van der Waals surface area (Å²) >= 11 is 1.88. The summed E-state index contributed by atoms with van der Waals surface area (Å²) in [7, 11) is 1.83. The standard InChI is InChI=1S/C17H25NO3S/c1-4-22-12-11-13(2)18(3)16(19)10-9-14-7-5-6-8-15(14)17(20)21/h5-8,13H,4,9-12H2,1-3H3,(H,20,21). The molecule has 1 aromatic rings. The van der Waals surface area contributed by atoms with Crippen LogP contribution in [0.5, 0.6) is 0 Å². The van der Waals surface area contributed by atoms with E-state index in [0.717, 1.165) is 17.9 Å². The van der Waals surface area contributed by atoms with Crippen molar-refractivity contribution in [2.45, 2.75) is 39.2 Å². The number of nitrogens with zero attached hydrogens (tertiary/aromatic N) is 1. The summed E-state index contributed by atoms with van der Waals surface area (Å²) in [5.74, 6) is 1.27. The molecule has 0 radical (unpaired) electrons. The Kier molecular flexibility index (Phi) is 8.02. The fourth-order valence-corrected chi connectivity index (χ4v) is 3.00. The molecule has 0 aromatic heterocycles. The molecular formula is C17H25NO3S. The molecule has 1 amide bonds. The van der Waals surface area contributed by atoms with Crippen molar-refractivity contribution in [1.29, 1.82) is 0 Å². The normalized spacial score (nSPS) is 12.0. The summed E-state index contributed by atoms with van der Waals surface area (Å²) in [5.41, 5.74) is 0.997. The minimum atomic E-state index is -0.943. The molecule has 1 rings (SSSR count). The molecule has 122 valence electrons. The van der Waals surface area contributed by atoms with Crippen LogP contribution in [0.15, 0.2) is 24.3 Å². The van der Waals surface area contributed by atoms with Crippen LogP contribution in [-0.4, -0.2) is 46.5 Å². The van der Waals surface area contributed by atoms with E-state index in [4.69, 9.17) is 5.11 Å². The molecular weight excluding hydrogens is 298 g/mol. The maximum atomic E-state index is 12.2. The van der Waals surface area contributed by atoms with Crippen LogP contribution in [0.1, 0.15) is 42.6 Å². The van der Waals surface area contributed by atoms with E-state index in [-0.39, 0.29) is 17.5 Å². The number of thioether (sulfide) groups is 1. The number of amides is 1. The highest BCUT2D eigenvalue weighted by molar-refractivity contribution is 7.99. The van der Waals surface area contributed by atoms with Crippen LogP contribution in [0.2, 0.25) is 0 Å². The fourth-order valence-electron chi connectivity index (χ4n) is 2.20. The number of aryl methyl sites for hydroxylation is 1. The Morgan fingerprint density at radius 3 is 2.64 bits per heavy atom. The van der Waals surface area contributed by atoms with E-state index in [0.29, 0.717) is 18.4 Å². The Bertz CT molecular complexity index is 504. The summed E-state index contributed by atoms with van der Waals surface area (Å²) in [5, 5.41) is 9.15. The van der Waals surface area contributed by atoms with Crippen LogP contribution in [-0.2, 0) is 11.2 Å². The summed E-state index contributed by atoms with van der Waals surface area (Å²) in [6, 6.07) is 7.07. The van der Waals surface area contributed by atoms with E-state index >= 15 is 0 Å². The monoisotopic (exact) mass is 323 g/mol. The van der Waals surface area contributed by atoms with Gasteiger partial charge in [0.05, 0.1) is 5.56 Å². The number of aromatic carboxylic acids is 1. The van der Waals surface area contributed by atoms with Crippen molar-refractivity contribution in [3.63, 3.8) is 0 Å². The second-order valence-electron chi connectivity index (χ2n) is 5.30. The zero-order valence-corrected chi connectivity index (χ0v) is 14.4. The number of hydrogen-bond acceptors (Lipinski definition) is 3. The molecule has 0 saturated carbocycles. The summed E-state index contributed by atoms with van der Waals surface area (Å²) < 4.78 is 0. The molecule has 0 aliphatic rings. The molecule has 0 heterocycles. The van der Waals surface area contributed by atoms with E-state index in [1.54, 1.807) is 29.2 Å². The zero-order valence-electron chi connectivity index (χ0n) is 13.5. The van der Waals surface area contributed by atoms with Gasteiger partial charge in [-0.2, -0.15) is 11.8 Å². The van der Waals surface area contributed by atoms with Crippen LogP contribution in [0.4, 0.5) is 0 Å². The molecule has 1 unspecified atom stereocenters. The Balaban J connectivity index is 2.53. The topological polar surface area (TPSA) is 57.6 Å². The van der Waals surface area contributed by atoms with E-state index in [2.05, 4.69) is 13.8 Å². The minimum absolute atomic E-state index is 0.0641. The number of carboxylic acid groups (broad SMARTS) is 1. The first kappa shape index (κ1) is 18.6. The van der Waals surface area contributed by atoms with Gasteiger partial charge in [-0.05, 0) is 42.9 Å². The highest BCUT2D eigenvalue weighted by Crippen LogP contribution is 2.14. The molecule has 5 heteroatoms. The van der Waals surface area contributed by atoms with Gasteiger partial charge in [0, 0.05) is 19.5 Å². The number of hydrogen-bond donors (Lipinski definition) is 1. The van der Waals surface area contributed by atoms with Crippen LogP contribution >= 0.6 is 11.8 Å². The van der Waals surface area contributed by atoms with E-state index in [9.17, 15) is 9.59 Å². The highest BCUT2D eigenvalue weighted by atomic mass is 32.2. The SMILES string of the molecule is CCSCCC(C)N(C)C(=O)CCc1ccccc1C(=O)O. The highest BCUT2D eigenvalue weighted by Gasteiger charge is 2.16. The average molecular weight is 323 g/mol. The number of carbonyl (C=O) groups is 2. The van der Waals surface area contributed by atoms with Gasteiger partial charge in [-0.1, -0.05) is 25.1 Å². The number of carbonyl (C=O) groups excluding carboxylic acids is 1. The molecule has 0 fully saturated rings. The second-order valence-corrected chi connectivity index (χ2v) is 6.70. The van der Waals surface area contributed by atoms with Crippen molar-refractivity contribution < 1.29 is 14.7 Å². The third-order valence-corrected chi connectivity index (χ3v) is 4.73. The van der Waals surface area contributed by atoms with Gasteiger partial charge in [0.2, 0.25) is 5.91 Å². The lowest BCUT2D eigenvalue weighted by Crippen LogP contribution is -2.35. The van der Waals surface area contributed by atoms with Gasteiger partial charge in [-0.3, -0.25) is 4.79 Å². The number of rotatable bonds is 9. The van der Waals surface area contributed by atoms with Gasteiger partial charge in [-0.25, -0.2) is 4.79 Å². The first-order valence-corrected chi connectivity index (χ1v) is 8.77. The predicted molar refractivity (Wildman–Crippen MR) is 91.6 cm³/mol. The van der Waals surface area contributed by atoms with Crippen molar-refractivity contribution in [2.24, 2.45) is 0 Å². The Labute approximate surface area is 136 Å². The third kappa shape index (κ3) is 5.72. The maximum absolute atomic E-state index is 12.2. The first-order chi connectivity index (χ1) is 10.5. The molecule has 0 saturated heterocycles. The molecule has 0 spiro atoms. The van der Waals surface area contributed by atoms with Crippen molar-refractivity contribution in [3.8, 4) is 0 Å². The molecule has 0 aliphatic carbocycles. The minimum Gasteiger partial charge on any atom is -0.478 e. The Morgan fingerprint density at radius 2 is 2.00 bits per heavy atom. The largest absolute Gasteiger partial charge is 0.478 e. The van der Waals surface area contributed by atoms with Crippen LogP contribution in [0.25, 0.3) is 0 Å². The Hall–Kier alpha value is -1.49. The molecule has 22 heavy (non-hydrogen) atoms. The molecule has 4 nitrogen and oxygen atoms in total. The first-order valence-electron chi connectivity index (χ1n) is 7.62. The van der Waals surface area contributed by atoms with E-state index < -0.39 is 5.97 Å². The van der Waals surface area contributed by atoms with Crippen LogP contribution in [0, 0.1) is 0 Å². The second kappa shape index (κ2) is 9.51. The van der Waals surface area contributed by atoms with Gasteiger partial charge in [0.15, 0.2) is 0 Å². The maximum Gasteiger partial charge on any atom is 0.335 e. The molecule has 1 atom stereocenters. The average Bonchev–Trinajstić information content (AvgIpc) is 2.52. The Morgan fingerprint density at radius 1 is 1.32 bits per heavy atom. The third-order valence-electron chi connectivity index (χ3n) is 3.79. The van der Waals surface area contributed by atoms with Crippen LogP contribution < -0.4 is 0 Å². The quantitative estimate of drug-likeness (QED) is 0.708. The summed E-state index contributed by atoms with van der Waals surface area (Å²) in [6.45, 7) is 4.18. The lowest BCUT2D eigenvalue weighted by molar-refractivity contribution is -0.131. The van der Waals surface area contributed by atoms with Gasteiger partial charge in [0.1, 0.15) is 0 Å². The summed E-state index contributed by atoms with van der Waals surface area (Å²) in [6.07, 6.45) is 1.78. The molecule has 1 aromatic carbocycles. The predicted octanol–water partition coefficient (Wildman–Crippen LogP) is 3.31. The zero-order chi connectivity index (χ0) is 16.5. The van der Waals surface area contributed by atoms with Gasteiger partial charge in [0.25, 0.3) is 0 Å². The molecule has 1 N–H and O–H groups in total. The van der Waals surface area contributed by atoms with Crippen molar-refractivity contribution in [3.05, 3.63) is 35.4 Å². The van der Waals surface area contributed by atoms with E-state index in [1.165, 1.54) is 0 Å². The fraction of sp³-hybridized carbons (Fsp3) is 0.529. The van der Waals surface area contributed by atoms with Gasteiger partial charge in [-0.15, -0.1) is 0 Å². The summed E-state index contributed by atoms with van der Waals surface area (Å²) in [4.78, 5) is 25.2. The van der Waals surface area contributed by atoms with Crippen molar-refractivity contribution in [1.82, 2.24) is 4.90 Å². The lowest BCUT2D eigenvalue weighted by Gasteiger charge is -2.25. The smallest absolute Gasteiger partial charge is 0.335 e. The number of carboxylic acids is 1. The molecule has 0 aliphatic heterocycles. The van der Waals surface area contributed by atoms with Crippen LogP contribution in [0.3, 0.4) is 0 Å². The van der Waals surface area contributed by atoms with Gasteiger partial charge >= 0.3 is 5.97 Å². The molecule has 0 bridgehead atoms. The van der Waals surface area contributed by atoms with Crippen molar-refractivity contribution in [2.75, 3.05) is 18.6 Å². The van der Waals surface area contributed by atoms with Crippen molar-refractivity contribution >= 4 is 23.6 Å².